The van der Waals surface area contributed by atoms with Crippen molar-refractivity contribution in [1.82, 2.24) is 14.8 Å². The standard InChI is InChI=1S/C26H24N4O3/c31-23(28-22-12-6-7-15-29(22)17-18-8-2-1-3-9-18)16-27-25(32)24-20-10-4-5-11-21(20)26(33)30(24)19-13-14-19/h1-12,15,19,24H,13-14,16-17H2,(H,27,32). The van der Waals surface area contributed by atoms with Crippen LogP contribution in [0.4, 0.5) is 0 Å². The highest BCUT2D eigenvalue weighted by Crippen LogP contribution is 2.41. The van der Waals surface area contributed by atoms with Crippen molar-refractivity contribution >= 4 is 17.7 Å². The highest BCUT2D eigenvalue weighted by molar-refractivity contribution is 6.05. The van der Waals surface area contributed by atoms with Crippen LogP contribution in [0.25, 0.3) is 0 Å². The van der Waals surface area contributed by atoms with Crippen LogP contribution in [0, 0.1) is 0 Å². The number of pyridine rings is 1. The van der Waals surface area contributed by atoms with Gasteiger partial charge in [-0.3, -0.25) is 14.4 Å². The van der Waals surface area contributed by atoms with Gasteiger partial charge in [0.2, 0.25) is 5.91 Å². The number of amides is 3. The first kappa shape index (κ1) is 20.9. The van der Waals surface area contributed by atoms with E-state index in [2.05, 4.69) is 10.3 Å². The van der Waals surface area contributed by atoms with E-state index in [0.717, 1.165) is 18.4 Å². The summed E-state index contributed by atoms with van der Waals surface area (Å²) in [6.45, 7) is 0.349. The van der Waals surface area contributed by atoms with Gasteiger partial charge in [-0.25, -0.2) is 0 Å². The van der Waals surface area contributed by atoms with Crippen molar-refractivity contribution in [3.05, 3.63) is 101 Å². The van der Waals surface area contributed by atoms with Crippen LogP contribution in [0.2, 0.25) is 0 Å². The molecule has 1 aromatic heterocycles. The Kier molecular flexibility index (Phi) is 5.60. The monoisotopic (exact) mass is 440 g/mol. The van der Waals surface area contributed by atoms with Crippen molar-refractivity contribution in [3.8, 4) is 0 Å². The number of carbonyl (C=O) groups is 3. The van der Waals surface area contributed by atoms with Gasteiger partial charge in [-0.2, -0.15) is 4.99 Å². The first-order valence-electron chi connectivity index (χ1n) is 11.1. The predicted octanol–water partition coefficient (Wildman–Crippen LogP) is 2.44. The van der Waals surface area contributed by atoms with Gasteiger partial charge in [-0.1, -0.05) is 54.6 Å². The summed E-state index contributed by atoms with van der Waals surface area (Å²) in [5, 5.41) is 2.70. The third-order valence-electron chi connectivity index (χ3n) is 5.95. The van der Waals surface area contributed by atoms with E-state index in [4.69, 9.17) is 0 Å². The lowest BCUT2D eigenvalue weighted by molar-refractivity contribution is -0.128. The molecule has 0 spiro atoms. The van der Waals surface area contributed by atoms with E-state index in [0.29, 0.717) is 23.2 Å². The van der Waals surface area contributed by atoms with Gasteiger partial charge in [0, 0.05) is 24.3 Å². The Labute approximate surface area is 191 Å². The van der Waals surface area contributed by atoms with Gasteiger partial charge in [-0.05, 0) is 42.2 Å². The van der Waals surface area contributed by atoms with E-state index >= 15 is 0 Å². The molecule has 1 aliphatic heterocycles. The Balaban J connectivity index is 1.30. The van der Waals surface area contributed by atoms with Gasteiger partial charge < -0.3 is 14.8 Å². The molecule has 1 fully saturated rings. The van der Waals surface area contributed by atoms with E-state index < -0.39 is 11.9 Å². The van der Waals surface area contributed by atoms with Crippen molar-refractivity contribution in [3.63, 3.8) is 0 Å². The maximum Gasteiger partial charge on any atom is 0.267 e. The number of benzene rings is 2. The number of nitrogens with zero attached hydrogens (tertiary/aromatic N) is 3. The van der Waals surface area contributed by atoms with Gasteiger partial charge in [0.15, 0.2) is 0 Å². The quantitative estimate of drug-likeness (QED) is 0.639. The van der Waals surface area contributed by atoms with Gasteiger partial charge >= 0.3 is 0 Å². The molecule has 1 saturated carbocycles. The molecule has 33 heavy (non-hydrogen) atoms. The molecule has 166 valence electrons. The van der Waals surface area contributed by atoms with Crippen LogP contribution < -0.4 is 10.8 Å². The zero-order valence-electron chi connectivity index (χ0n) is 18.1. The summed E-state index contributed by atoms with van der Waals surface area (Å²) >= 11 is 0. The van der Waals surface area contributed by atoms with E-state index in [-0.39, 0.29) is 24.4 Å². The van der Waals surface area contributed by atoms with Crippen molar-refractivity contribution in [1.29, 1.82) is 0 Å². The fourth-order valence-corrected chi connectivity index (χ4v) is 4.24. The predicted molar refractivity (Wildman–Crippen MR) is 122 cm³/mol. The van der Waals surface area contributed by atoms with Crippen molar-refractivity contribution < 1.29 is 14.4 Å². The van der Waals surface area contributed by atoms with Crippen LogP contribution in [-0.4, -0.2) is 39.8 Å². The molecule has 1 unspecified atom stereocenters. The highest BCUT2D eigenvalue weighted by atomic mass is 16.2. The van der Waals surface area contributed by atoms with Gasteiger partial charge in [0.05, 0.1) is 6.54 Å². The molecule has 3 amide bonds. The first-order valence-corrected chi connectivity index (χ1v) is 11.1. The normalized spacial score (nSPS) is 17.7. The van der Waals surface area contributed by atoms with Gasteiger partial charge in [0.25, 0.3) is 11.8 Å². The summed E-state index contributed by atoms with van der Waals surface area (Å²) in [6.07, 6.45) is 3.66. The fourth-order valence-electron chi connectivity index (χ4n) is 4.24. The molecule has 1 aliphatic carbocycles. The summed E-state index contributed by atoms with van der Waals surface area (Å²) in [5.41, 5.74) is 2.86. The fraction of sp³-hybridized carbons (Fsp3) is 0.231. The SMILES string of the molecule is O=C(CNC(=O)C1c2ccccc2C(=O)N1C1CC1)N=c1ccccn1Cc1ccccc1. The third kappa shape index (κ3) is 4.35. The average Bonchev–Trinajstić information content (AvgIpc) is 3.63. The molecular formula is C26H24N4O3. The zero-order valence-corrected chi connectivity index (χ0v) is 18.1. The molecular weight excluding hydrogens is 416 g/mol. The summed E-state index contributed by atoms with van der Waals surface area (Å²) in [7, 11) is 0. The summed E-state index contributed by atoms with van der Waals surface area (Å²) in [4.78, 5) is 44.3. The summed E-state index contributed by atoms with van der Waals surface area (Å²) in [5.74, 6) is -0.920. The molecule has 2 aromatic carbocycles. The van der Waals surface area contributed by atoms with Crippen LogP contribution in [0.5, 0.6) is 0 Å². The molecule has 5 rings (SSSR count). The van der Waals surface area contributed by atoms with Crippen molar-refractivity contribution in [2.24, 2.45) is 4.99 Å². The molecule has 7 heteroatoms. The van der Waals surface area contributed by atoms with Gasteiger partial charge in [-0.15, -0.1) is 0 Å². The Hall–Kier alpha value is -4.00. The Morgan fingerprint density at radius 2 is 1.67 bits per heavy atom. The van der Waals surface area contributed by atoms with Crippen LogP contribution in [0.1, 0.15) is 40.4 Å². The molecule has 0 saturated heterocycles. The number of rotatable bonds is 6. The number of carbonyl (C=O) groups excluding carboxylic acids is 3. The minimum Gasteiger partial charge on any atom is -0.345 e. The Morgan fingerprint density at radius 3 is 2.45 bits per heavy atom. The Bertz CT molecular complexity index is 1280. The molecule has 1 atom stereocenters. The zero-order chi connectivity index (χ0) is 22.8. The second-order valence-electron chi connectivity index (χ2n) is 8.33. The van der Waals surface area contributed by atoms with Crippen LogP contribution in [0.3, 0.4) is 0 Å². The maximum atomic E-state index is 13.1. The second kappa shape index (κ2) is 8.86. The Morgan fingerprint density at radius 1 is 0.939 bits per heavy atom. The molecule has 7 nitrogen and oxygen atoms in total. The van der Waals surface area contributed by atoms with Gasteiger partial charge in [0.1, 0.15) is 11.5 Å². The lowest BCUT2D eigenvalue weighted by atomic mass is 10.0. The number of hydrogen-bond acceptors (Lipinski definition) is 3. The smallest absolute Gasteiger partial charge is 0.267 e. The highest BCUT2D eigenvalue weighted by Gasteiger charge is 2.47. The lowest BCUT2D eigenvalue weighted by Gasteiger charge is -2.24. The molecule has 3 aromatic rings. The summed E-state index contributed by atoms with van der Waals surface area (Å²) < 4.78 is 1.88. The largest absolute Gasteiger partial charge is 0.345 e. The molecule has 0 bridgehead atoms. The third-order valence-corrected chi connectivity index (χ3v) is 5.95. The van der Waals surface area contributed by atoms with Crippen LogP contribution >= 0.6 is 0 Å². The second-order valence-corrected chi connectivity index (χ2v) is 8.33. The lowest BCUT2D eigenvalue weighted by Crippen LogP contribution is -2.42. The maximum absolute atomic E-state index is 13.1. The first-order chi connectivity index (χ1) is 16.1. The van der Waals surface area contributed by atoms with E-state index in [1.807, 2.05) is 65.4 Å². The topological polar surface area (TPSA) is 83.8 Å². The molecule has 1 N–H and O–H groups in total. The molecule has 2 heterocycles. The number of fused-ring (bicyclic) bond motifs is 1. The van der Waals surface area contributed by atoms with Crippen LogP contribution in [0.15, 0.2) is 84.0 Å². The van der Waals surface area contributed by atoms with Crippen molar-refractivity contribution in [2.45, 2.75) is 31.5 Å². The van der Waals surface area contributed by atoms with E-state index in [9.17, 15) is 14.4 Å². The minimum atomic E-state index is -0.700. The molecule has 0 radical (unpaired) electrons. The van der Waals surface area contributed by atoms with Crippen LogP contribution in [-0.2, 0) is 16.1 Å². The number of nitrogens with one attached hydrogen (secondary N) is 1. The number of aromatic nitrogens is 1. The van der Waals surface area contributed by atoms with E-state index in [1.165, 1.54) is 0 Å². The number of hydrogen-bond donors (Lipinski definition) is 1. The van der Waals surface area contributed by atoms with Crippen molar-refractivity contribution in [2.75, 3.05) is 6.54 Å². The average molecular weight is 441 g/mol. The van der Waals surface area contributed by atoms with E-state index in [1.54, 1.807) is 23.1 Å². The molecule has 2 aliphatic rings. The summed E-state index contributed by atoms with van der Waals surface area (Å²) in [6, 6.07) is 22.0. The minimum absolute atomic E-state index is 0.0855.